The SMILES string of the molecule is C[C@@H]1c2ccccc2CCN1C(=O)c1cc(C2CC2)c(N)nn1. The smallest absolute Gasteiger partial charge is 0.274 e. The number of nitrogens with two attached hydrogens (primary N) is 1. The molecule has 1 atom stereocenters. The second-order valence-corrected chi connectivity index (χ2v) is 6.47. The van der Waals surface area contributed by atoms with Crippen LogP contribution < -0.4 is 5.73 Å². The molecule has 5 nitrogen and oxygen atoms in total. The minimum absolute atomic E-state index is 0.0520. The summed E-state index contributed by atoms with van der Waals surface area (Å²) in [5.74, 6) is 0.860. The Morgan fingerprint density at radius 2 is 2.00 bits per heavy atom. The third-order valence-electron chi connectivity index (χ3n) is 4.95. The first-order valence-electron chi connectivity index (χ1n) is 8.17. The molecule has 2 aromatic rings. The normalized spacial score (nSPS) is 20.2. The maximum absolute atomic E-state index is 12.9. The van der Waals surface area contributed by atoms with Gasteiger partial charge < -0.3 is 10.6 Å². The number of benzene rings is 1. The lowest BCUT2D eigenvalue weighted by molar-refractivity contribution is 0.0670. The van der Waals surface area contributed by atoms with Crippen LogP contribution in [0.25, 0.3) is 0 Å². The van der Waals surface area contributed by atoms with Gasteiger partial charge in [-0.1, -0.05) is 24.3 Å². The zero-order valence-corrected chi connectivity index (χ0v) is 13.2. The molecule has 1 aliphatic heterocycles. The first-order chi connectivity index (χ1) is 11.1. The summed E-state index contributed by atoms with van der Waals surface area (Å²) in [5.41, 5.74) is 9.84. The molecule has 2 N–H and O–H groups in total. The Hall–Kier alpha value is -2.43. The minimum Gasteiger partial charge on any atom is -0.382 e. The molecule has 1 amide bonds. The molecule has 1 aromatic heterocycles. The van der Waals surface area contributed by atoms with E-state index in [0.29, 0.717) is 24.0 Å². The minimum atomic E-state index is -0.0543. The van der Waals surface area contributed by atoms with Crippen molar-refractivity contribution in [3.8, 4) is 0 Å². The number of rotatable bonds is 2. The van der Waals surface area contributed by atoms with Crippen LogP contribution in [0.4, 0.5) is 5.82 Å². The van der Waals surface area contributed by atoms with Crippen molar-refractivity contribution in [2.45, 2.75) is 38.1 Å². The van der Waals surface area contributed by atoms with E-state index in [-0.39, 0.29) is 11.9 Å². The van der Waals surface area contributed by atoms with Crippen LogP contribution in [0, 0.1) is 0 Å². The van der Waals surface area contributed by atoms with Crippen LogP contribution in [-0.4, -0.2) is 27.5 Å². The van der Waals surface area contributed by atoms with E-state index in [1.165, 1.54) is 11.1 Å². The molecule has 0 spiro atoms. The van der Waals surface area contributed by atoms with Gasteiger partial charge in [0.15, 0.2) is 5.69 Å². The van der Waals surface area contributed by atoms with Crippen molar-refractivity contribution in [3.05, 3.63) is 52.7 Å². The molecule has 23 heavy (non-hydrogen) atoms. The highest BCUT2D eigenvalue weighted by Gasteiger charge is 2.31. The van der Waals surface area contributed by atoms with Gasteiger partial charge >= 0.3 is 0 Å². The van der Waals surface area contributed by atoms with Crippen LogP contribution in [0.2, 0.25) is 0 Å². The lowest BCUT2D eigenvalue weighted by Crippen LogP contribution is -2.39. The molecule has 0 bridgehead atoms. The Morgan fingerprint density at radius 1 is 1.22 bits per heavy atom. The number of nitrogen functional groups attached to an aromatic ring is 1. The molecule has 1 fully saturated rings. The van der Waals surface area contributed by atoms with Crippen molar-refractivity contribution in [1.29, 1.82) is 0 Å². The molecular formula is C18H20N4O. The lowest BCUT2D eigenvalue weighted by atomic mass is 9.93. The number of hydrogen-bond donors (Lipinski definition) is 1. The Labute approximate surface area is 135 Å². The number of hydrogen-bond acceptors (Lipinski definition) is 4. The number of aromatic nitrogens is 2. The fourth-order valence-corrected chi connectivity index (χ4v) is 3.44. The van der Waals surface area contributed by atoms with Crippen molar-refractivity contribution in [2.24, 2.45) is 0 Å². The molecule has 2 heterocycles. The number of amides is 1. The predicted octanol–water partition coefficient (Wildman–Crippen LogP) is 2.70. The van der Waals surface area contributed by atoms with Gasteiger partial charge in [-0.3, -0.25) is 4.79 Å². The van der Waals surface area contributed by atoms with Crippen molar-refractivity contribution in [2.75, 3.05) is 12.3 Å². The third-order valence-corrected chi connectivity index (χ3v) is 4.95. The second-order valence-electron chi connectivity index (χ2n) is 6.47. The van der Waals surface area contributed by atoms with Gasteiger partial charge in [0.1, 0.15) is 5.82 Å². The summed E-state index contributed by atoms with van der Waals surface area (Å²) in [7, 11) is 0. The molecule has 5 heteroatoms. The van der Waals surface area contributed by atoms with Gasteiger partial charge in [-0.15, -0.1) is 10.2 Å². The number of nitrogens with zero attached hydrogens (tertiary/aromatic N) is 3. The average Bonchev–Trinajstić information content (AvgIpc) is 3.40. The molecule has 1 saturated carbocycles. The van der Waals surface area contributed by atoms with Crippen molar-refractivity contribution < 1.29 is 4.79 Å². The topological polar surface area (TPSA) is 72.1 Å². The first kappa shape index (κ1) is 14.2. The highest BCUT2D eigenvalue weighted by atomic mass is 16.2. The summed E-state index contributed by atoms with van der Waals surface area (Å²) in [6.45, 7) is 2.78. The van der Waals surface area contributed by atoms with Crippen molar-refractivity contribution >= 4 is 11.7 Å². The molecule has 2 aliphatic rings. The van der Waals surface area contributed by atoms with Crippen LogP contribution >= 0.6 is 0 Å². The van der Waals surface area contributed by atoms with E-state index in [4.69, 9.17) is 5.73 Å². The van der Waals surface area contributed by atoms with Crippen LogP contribution in [-0.2, 0) is 6.42 Å². The molecule has 4 rings (SSSR count). The van der Waals surface area contributed by atoms with E-state index in [1.54, 1.807) is 0 Å². The van der Waals surface area contributed by atoms with E-state index < -0.39 is 0 Å². The van der Waals surface area contributed by atoms with E-state index in [1.807, 2.05) is 17.0 Å². The van der Waals surface area contributed by atoms with Crippen molar-refractivity contribution in [3.63, 3.8) is 0 Å². The van der Waals surface area contributed by atoms with E-state index in [0.717, 1.165) is 24.8 Å². The molecule has 1 aromatic carbocycles. The molecular weight excluding hydrogens is 288 g/mol. The van der Waals surface area contributed by atoms with Crippen LogP contribution in [0.5, 0.6) is 0 Å². The first-order valence-corrected chi connectivity index (χ1v) is 8.17. The van der Waals surface area contributed by atoms with Gasteiger partial charge in [-0.25, -0.2) is 0 Å². The number of carbonyl (C=O) groups excluding carboxylic acids is 1. The molecule has 0 unspecified atom stereocenters. The van der Waals surface area contributed by atoms with Gasteiger partial charge in [-0.05, 0) is 49.3 Å². The van der Waals surface area contributed by atoms with Crippen molar-refractivity contribution in [1.82, 2.24) is 15.1 Å². The summed E-state index contributed by atoms with van der Waals surface area (Å²) in [6.07, 6.45) is 3.12. The van der Waals surface area contributed by atoms with Gasteiger partial charge in [0.25, 0.3) is 5.91 Å². The maximum atomic E-state index is 12.9. The molecule has 1 aliphatic carbocycles. The Balaban J connectivity index is 1.64. The maximum Gasteiger partial charge on any atom is 0.274 e. The van der Waals surface area contributed by atoms with Gasteiger partial charge in [-0.2, -0.15) is 0 Å². The van der Waals surface area contributed by atoms with Crippen LogP contribution in [0.1, 0.15) is 58.9 Å². The van der Waals surface area contributed by atoms with Crippen LogP contribution in [0.3, 0.4) is 0 Å². The zero-order chi connectivity index (χ0) is 16.0. The average molecular weight is 308 g/mol. The van der Waals surface area contributed by atoms with Gasteiger partial charge in [0, 0.05) is 12.1 Å². The molecule has 118 valence electrons. The summed E-state index contributed by atoms with van der Waals surface area (Å²) >= 11 is 0. The van der Waals surface area contributed by atoms with E-state index in [2.05, 4.69) is 35.3 Å². The predicted molar refractivity (Wildman–Crippen MR) is 88.0 cm³/mol. The molecule has 0 radical (unpaired) electrons. The third kappa shape index (κ3) is 2.46. The number of fused-ring (bicyclic) bond motifs is 1. The largest absolute Gasteiger partial charge is 0.382 e. The van der Waals surface area contributed by atoms with Gasteiger partial charge in [0.2, 0.25) is 0 Å². The lowest BCUT2D eigenvalue weighted by Gasteiger charge is -2.35. The Bertz CT molecular complexity index is 769. The van der Waals surface area contributed by atoms with Gasteiger partial charge in [0.05, 0.1) is 6.04 Å². The zero-order valence-electron chi connectivity index (χ0n) is 13.2. The van der Waals surface area contributed by atoms with E-state index >= 15 is 0 Å². The monoisotopic (exact) mass is 308 g/mol. The Kier molecular flexibility index (Phi) is 3.29. The summed E-state index contributed by atoms with van der Waals surface area (Å²) in [5, 5.41) is 8.05. The Morgan fingerprint density at radius 3 is 2.78 bits per heavy atom. The quantitative estimate of drug-likeness (QED) is 0.926. The van der Waals surface area contributed by atoms with Crippen LogP contribution in [0.15, 0.2) is 30.3 Å². The number of anilines is 1. The highest BCUT2D eigenvalue weighted by molar-refractivity contribution is 5.93. The summed E-state index contributed by atoms with van der Waals surface area (Å²) in [6, 6.07) is 10.2. The fourth-order valence-electron chi connectivity index (χ4n) is 3.44. The second kappa shape index (κ2) is 5.33. The van der Waals surface area contributed by atoms with E-state index in [9.17, 15) is 4.79 Å². The summed E-state index contributed by atoms with van der Waals surface area (Å²) in [4.78, 5) is 14.8. The standard InChI is InChI=1S/C18H20N4O/c1-11-14-5-3-2-4-12(14)8-9-22(11)18(23)16-10-15(13-6-7-13)17(19)21-20-16/h2-5,10-11,13H,6-9H2,1H3,(H2,19,21)/t11-/m1/s1. The fraction of sp³-hybridized carbons (Fsp3) is 0.389. The molecule has 0 saturated heterocycles. The summed E-state index contributed by atoms with van der Waals surface area (Å²) < 4.78 is 0. The number of carbonyl (C=O) groups is 1. The highest BCUT2D eigenvalue weighted by Crippen LogP contribution is 2.42.